The molecule has 0 spiro atoms. The number of halogens is 1. The van der Waals surface area contributed by atoms with Crippen LogP contribution in [0.5, 0.6) is 0 Å². The van der Waals surface area contributed by atoms with Gasteiger partial charge < -0.3 is 10.6 Å². The summed E-state index contributed by atoms with van der Waals surface area (Å²) >= 11 is 0. The molecule has 0 saturated carbocycles. The van der Waals surface area contributed by atoms with Gasteiger partial charge in [-0.25, -0.2) is 4.39 Å². The molecule has 1 heterocycles. The van der Waals surface area contributed by atoms with Crippen LogP contribution in [0.3, 0.4) is 0 Å². The Morgan fingerprint density at radius 1 is 1.57 bits per heavy atom. The van der Waals surface area contributed by atoms with E-state index in [-0.39, 0.29) is 11.7 Å². The van der Waals surface area contributed by atoms with Gasteiger partial charge in [-0.1, -0.05) is 6.07 Å². The Labute approximate surface area is 81.3 Å². The number of benzene rings is 1. The van der Waals surface area contributed by atoms with E-state index in [1.165, 1.54) is 6.07 Å². The summed E-state index contributed by atoms with van der Waals surface area (Å²) in [5.41, 5.74) is 1.07. The molecule has 1 atom stereocenters. The first-order valence-corrected chi connectivity index (χ1v) is 4.48. The third-order valence-corrected chi connectivity index (χ3v) is 2.38. The molecule has 0 aromatic heterocycles. The molecule has 0 bridgehead atoms. The summed E-state index contributed by atoms with van der Waals surface area (Å²) in [6.45, 7) is 0.458. The molecular formula is C10H11FN2O. The third-order valence-electron chi connectivity index (χ3n) is 2.38. The fourth-order valence-electron chi connectivity index (χ4n) is 1.75. The monoisotopic (exact) mass is 194 g/mol. The van der Waals surface area contributed by atoms with Crippen LogP contribution >= 0.6 is 0 Å². The molecule has 3 nitrogen and oxygen atoms in total. The summed E-state index contributed by atoms with van der Waals surface area (Å²) < 4.78 is 13.4. The summed E-state index contributed by atoms with van der Waals surface area (Å²) in [6, 6.07) is 4.68. The van der Waals surface area contributed by atoms with Crippen LogP contribution in [0, 0.1) is 5.82 Å². The molecule has 74 valence electrons. The van der Waals surface area contributed by atoms with Gasteiger partial charge in [0.15, 0.2) is 0 Å². The molecular weight excluding hydrogens is 183 g/mol. The van der Waals surface area contributed by atoms with Gasteiger partial charge in [-0.2, -0.15) is 0 Å². The highest BCUT2D eigenvalue weighted by molar-refractivity contribution is 6.03. The molecule has 4 heteroatoms. The Bertz CT molecular complexity index is 378. The van der Waals surface area contributed by atoms with Crippen LogP contribution in [0.25, 0.3) is 0 Å². The fraction of sp³-hybridized carbons (Fsp3) is 0.300. The average molecular weight is 194 g/mol. The molecule has 2 N–H and O–H groups in total. The minimum absolute atomic E-state index is 0.139. The first-order chi connectivity index (χ1) is 6.74. The molecule has 1 amide bonds. The van der Waals surface area contributed by atoms with Crippen LogP contribution < -0.4 is 10.6 Å². The van der Waals surface area contributed by atoms with Crippen molar-refractivity contribution in [2.75, 3.05) is 18.9 Å². The Kier molecular flexibility index (Phi) is 2.21. The number of likely N-dealkylation sites (N-methyl/N-ethyl adjacent to an activating group) is 1. The van der Waals surface area contributed by atoms with Crippen molar-refractivity contribution in [1.82, 2.24) is 5.32 Å². The predicted octanol–water partition coefficient (Wildman–Crippen LogP) is 1.08. The highest BCUT2D eigenvalue weighted by Gasteiger charge is 2.32. The maximum atomic E-state index is 13.4. The molecule has 1 unspecified atom stereocenters. The smallest absolute Gasteiger partial charge is 0.233 e. The van der Waals surface area contributed by atoms with Crippen molar-refractivity contribution in [1.29, 1.82) is 0 Å². The quantitative estimate of drug-likeness (QED) is 0.739. The van der Waals surface area contributed by atoms with Crippen molar-refractivity contribution in [2.24, 2.45) is 0 Å². The van der Waals surface area contributed by atoms with Crippen LogP contribution in [-0.4, -0.2) is 19.5 Å². The molecule has 1 aromatic rings. The summed E-state index contributed by atoms with van der Waals surface area (Å²) in [4.78, 5) is 11.5. The first-order valence-electron chi connectivity index (χ1n) is 4.48. The number of carbonyl (C=O) groups excluding carboxylic acids is 1. The second-order valence-corrected chi connectivity index (χ2v) is 3.30. The van der Waals surface area contributed by atoms with Gasteiger partial charge in [0.2, 0.25) is 5.91 Å². The number of anilines is 1. The van der Waals surface area contributed by atoms with Crippen molar-refractivity contribution >= 4 is 11.6 Å². The minimum Gasteiger partial charge on any atom is -0.325 e. The maximum absolute atomic E-state index is 13.4. The highest BCUT2D eigenvalue weighted by atomic mass is 19.1. The predicted molar refractivity (Wildman–Crippen MR) is 51.7 cm³/mol. The zero-order valence-corrected chi connectivity index (χ0v) is 7.80. The zero-order chi connectivity index (χ0) is 10.1. The van der Waals surface area contributed by atoms with Crippen molar-refractivity contribution in [2.45, 2.75) is 5.92 Å². The molecule has 0 radical (unpaired) electrons. The maximum Gasteiger partial charge on any atom is 0.233 e. The average Bonchev–Trinajstić information content (AvgIpc) is 2.45. The molecule has 14 heavy (non-hydrogen) atoms. The number of amides is 1. The Morgan fingerprint density at radius 2 is 2.36 bits per heavy atom. The van der Waals surface area contributed by atoms with Crippen molar-refractivity contribution in [3.63, 3.8) is 0 Å². The van der Waals surface area contributed by atoms with Gasteiger partial charge in [0.25, 0.3) is 0 Å². The van der Waals surface area contributed by atoms with E-state index in [0.29, 0.717) is 17.8 Å². The lowest BCUT2D eigenvalue weighted by molar-refractivity contribution is -0.116. The summed E-state index contributed by atoms with van der Waals surface area (Å²) in [6.07, 6.45) is 0. The van der Waals surface area contributed by atoms with E-state index in [0.717, 1.165) is 0 Å². The second kappa shape index (κ2) is 3.38. The largest absolute Gasteiger partial charge is 0.325 e. The normalized spacial score (nSPS) is 19.3. The molecule has 1 aliphatic rings. The van der Waals surface area contributed by atoms with Gasteiger partial charge >= 0.3 is 0 Å². The van der Waals surface area contributed by atoms with Crippen LogP contribution in [0.4, 0.5) is 10.1 Å². The van der Waals surface area contributed by atoms with E-state index in [1.807, 2.05) is 0 Å². The first kappa shape index (κ1) is 9.15. The van der Waals surface area contributed by atoms with Crippen LogP contribution in [0.2, 0.25) is 0 Å². The van der Waals surface area contributed by atoms with Gasteiger partial charge in [-0.05, 0) is 19.2 Å². The van der Waals surface area contributed by atoms with Crippen molar-refractivity contribution < 1.29 is 9.18 Å². The van der Waals surface area contributed by atoms with Gasteiger partial charge in [0, 0.05) is 17.8 Å². The SMILES string of the molecule is CNCC1C(=O)Nc2cccc(F)c21. The fourth-order valence-corrected chi connectivity index (χ4v) is 1.75. The Morgan fingerprint density at radius 3 is 3.07 bits per heavy atom. The Hall–Kier alpha value is -1.42. The van der Waals surface area contributed by atoms with E-state index in [1.54, 1.807) is 19.2 Å². The highest BCUT2D eigenvalue weighted by Crippen LogP contribution is 2.33. The number of fused-ring (bicyclic) bond motifs is 1. The number of nitrogens with one attached hydrogen (secondary N) is 2. The van der Waals surface area contributed by atoms with Gasteiger partial charge in [-0.15, -0.1) is 0 Å². The van der Waals surface area contributed by atoms with E-state index >= 15 is 0 Å². The molecule has 1 aliphatic heterocycles. The van der Waals surface area contributed by atoms with Crippen LogP contribution in [-0.2, 0) is 4.79 Å². The lowest BCUT2D eigenvalue weighted by Gasteiger charge is -2.07. The summed E-state index contributed by atoms with van der Waals surface area (Å²) in [7, 11) is 1.74. The van der Waals surface area contributed by atoms with Crippen molar-refractivity contribution in [3.8, 4) is 0 Å². The number of hydrogen-bond acceptors (Lipinski definition) is 2. The molecule has 0 fully saturated rings. The van der Waals surface area contributed by atoms with Gasteiger partial charge in [0.1, 0.15) is 5.82 Å². The number of hydrogen-bond donors (Lipinski definition) is 2. The van der Waals surface area contributed by atoms with Crippen LogP contribution in [0.15, 0.2) is 18.2 Å². The molecule has 0 saturated heterocycles. The lowest BCUT2D eigenvalue weighted by Crippen LogP contribution is -2.23. The standard InChI is InChI=1S/C10H11FN2O/c1-12-5-6-9-7(11)3-2-4-8(9)13-10(6)14/h2-4,6,12H,5H2,1H3,(H,13,14). The molecule has 2 rings (SSSR count). The summed E-state index contributed by atoms with van der Waals surface area (Å²) in [5.74, 6) is -0.864. The Balaban J connectivity index is 2.44. The van der Waals surface area contributed by atoms with E-state index < -0.39 is 5.92 Å². The number of carbonyl (C=O) groups is 1. The molecule has 1 aromatic carbocycles. The lowest BCUT2D eigenvalue weighted by atomic mass is 10.0. The second-order valence-electron chi connectivity index (χ2n) is 3.30. The van der Waals surface area contributed by atoms with E-state index in [4.69, 9.17) is 0 Å². The van der Waals surface area contributed by atoms with E-state index in [2.05, 4.69) is 10.6 Å². The minimum atomic E-state index is -0.406. The van der Waals surface area contributed by atoms with E-state index in [9.17, 15) is 9.18 Å². The van der Waals surface area contributed by atoms with Gasteiger partial charge in [0.05, 0.1) is 5.92 Å². The van der Waals surface area contributed by atoms with Crippen LogP contribution in [0.1, 0.15) is 11.5 Å². The topological polar surface area (TPSA) is 41.1 Å². The van der Waals surface area contributed by atoms with Gasteiger partial charge in [-0.3, -0.25) is 4.79 Å². The summed E-state index contributed by atoms with van der Waals surface area (Å²) in [5, 5.41) is 5.53. The molecule has 0 aliphatic carbocycles. The third kappa shape index (κ3) is 1.28. The van der Waals surface area contributed by atoms with Crippen molar-refractivity contribution in [3.05, 3.63) is 29.6 Å². The zero-order valence-electron chi connectivity index (χ0n) is 7.80. The number of rotatable bonds is 2.